The summed E-state index contributed by atoms with van der Waals surface area (Å²) in [7, 11) is 0. The largest absolute Gasteiger partial charge is 0.405 e. The zero-order chi connectivity index (χ0) is 30.6. The number of hydrogen-bond acceptors (Lipinski definition) is 7. The number of amides is 4. The van der Waals surface area contributed by atoms with Crippen LogP contribution in [0.4, 0.5) is 28.4 Å². The number of alkyl halides is 3. The first-order valence-electron chi connectivity index (χ1n) is 13.5. The van der Waals surface area contributed by atoms with Crippen molar-refractivity contribution in [2.24, 2.45) is 16.6 Å². The fourth-order valence-corrected chi connectivity index (χ4v) is 4.62. The first-order valence-corrected chi connectivity index (χ1v) is 13.5. The van der Waals surface area contributed by atoms with E-state index in [1.54, 1.807) is 63.7 Å². The normalized spacial score (nSPS) is 16.5. The molecule has 5 rings (SSSR count). The molecule has 0 radical (unpaired) electrons. The number of nitrogens with two attached hydrogens (primary N) is 1. The van der Waals surface area contributed by atoms with Crippen LogP contribution in [0.25, 0.3) is 22.5 Å². The van der Waals surface area contributed by atoms with Crippen LogP contribution in [0.2, 0.25) is 0 Å². The highest BCUT2D eigenvalue weighted by Gasteiger charge is 2.45. The molecule has 1 aromatic carbocycles. The quantitative estimate of drug-likeness (QED) is 0.277. The molecule has 15 heteroatoms. The number of nitriles is 1. The molecule has 2 aliphatic rings. The van der Waals surface area contributed by atoms with Crippen LogP contribution in [0, 0.1) is 17.2 Å². The lowest BCUT2D eigenvalue weighted by atomic mass is 9.87. The third kappa shape index (κ3) is 7.21. The van der Waals surface area contributed by atoms with E-state index in [1.165, 1.54) is 6.20 Å². The van der Waals surface area contributed by atoms with Crippen molar-refractivity contribution < 1.29 is 22.8 Å². The van der Waals surface area contributed by atoms with Gasteiger partial charge in [0.15, 0.2) is 5.65 Å². The van der Waals surface area contributed by atoms with Gasteiger partial charge < -0.3 is 26.6 Å². The molecule has 43 heavy (non-hydrogen) atoms. The Balaban J connectivity index is 1.27. The second-order valence-corrected chi connectivity index (χ2v) is 10.6. The minimum atomic E-state index is -4.52. The van der Waals surface area contributed by atoms with Crippen molar-refractivity contribution in [1.29, 1.82) is 5.26 Å². The number of urea groups is 2. The monoisotopic (exact) mass is 594 g/mol. The average molecular weight is 595 g/mol. The molecule has 0 unspecified atom stereocenters. The van der Waals surface area contributed by atoms with Crippen molar-refractivity contribution in [3.05, 3.63) is 54.5 Å². The standard InChI is InChI=1S/C28H29F3N10O2/c29-28(30,31)15-36-25(42)39-22-3-1-2-19(8-22)23-14-34-24-9-20(13-38-41(23)24)21(10-33)12-37-27(6-7-32)16-40(17-27)26(43)35-11-18-4-5-18/h1-3,8-10,12-14,18H,4-6,11,15-17,33H2,(H,35,43)(H2,36,39,42)/b21-10+,37-12?. The number of likely N-dealkylation sites (tertiary alicyclic amines) is 1. The average Bonchev–Trinajstić information content (AvgIpc) is 3.69. The van der Waals surface area contributed by atoms with Gasteiger partial charge in [0.25, 0.3) is 0 Å². The van der Waals surface area contributed by atoms with Gasteiger partial charge >= 0.3 is 18.2 Å². The summed E-state index contributed by atoms with van der Waals surface area (Å²) in [5, 5.41) is 20.9. The van der Waals surface area contributed by atoms with Gasteiger partial charge in [0, 0.05) is 41.3 Å². The van der Waals surface area contributed by atoms with Gasteiger partial charge in [0.2, 0.25) is 0 Å². The molecule has 2 fully saturated rings. The Morgan fingerprint density at radius 2 is 2.00 bits per heavy atom. The van der Waals surface area contributed by atoms with E-state index < -0.39 is 24.3 Å². The number of nitrogens with one attached hydrogen (secondary N) is 3. The van der Waals surface area contributed by atoms with Crippen molar-refractivity contribution in [3.63, 3.8) is 0 Å². The maximum atomic E-state index is 12.4. The Morgan fingerprint density at radius 3 is 2.70 bits per heavy atom. The molecule has 3 heterocycles. The highest BCUT2D eigenvalue weighted by Crippen LogP contribution is 2.31. The Labute approximate surface area is 244 Å². The van der Waals surface area contributed by atoms with Crippen molar-refractivity contribution in [2.75, 3.05) is 31.5 Å². The van der Waals surface area contributed by atoms with Gasteiger partial charge in [0.1, 0.15) is 12.1 Å². The summed E-state index contributed by atoms with van der Waals surface area (Å²) < 4.78 is 38.7. The van der Waals surface area contributed by atoms with Crippen LogP contribution in [-0.2, 0) is 0 Å². The molecule has 1 aliphatic heterocycles. The maximum absolute atomic E-state index is 12.4. The number of anilines is 1. The van der Waals surface area contributed by atoms with Crippen LogP contribution in [0.15, 0.2) is 53.9 Å². The molecule has 12 nitrogen and oxygen atoms in total. The topological polar surface area (TPSA) is 166 Å². The van der Waals surface area contributed by atoms with Gasteiger partial charge in [-0.1, -0.05) is 12.1 Å². The molecule has 3 aromatic rings. The van der Waals surface area contributed by atoms with Gasteiger partial charge in [-0.15, -0.1) is 0 Å². The van der Waals surface area contributed by atoms with Gasteiger partial charge in [-0.05, 0) is 37.0 Å². The summed E-state index contributed by atoms with van der Waals surface area (Å²) in [5.74, 6) is 0.566. The molecule has 224 valence electrons. The number of benzene rings is 1. The van der Waals surface area contributed by atoms with E-state index in [0.29, 0.717) is 53.6 Å². The van der Waals surface area contributed by atoms with Crippen molar-refractivity contribution in [2.45, 2.75) is 31.0 Å². The smallest absolute Gasteiger partial charge is 0.404 e. The zero-order valence-electron chi connectivity index (χ0n) is 22.9. The Bertz CT molecular complexity index is 1610. The minimum absolute atomic E-state index is 0.145. The fraction of sp³-hybridized carbons (Fsp3) is 0.357. The van der Waals surface area contributed by atoms with E-state index in [4.69, 9.17) is 5.73 Å². The highest BCUT2D eigenvalue weighted by atomic mass is 19.4. The third-order valence-corrected chi connectivity index (χ3v) is 7.12. The predicted octanol–water partition coefficient (Wildman–Crippen LogP) is 3.54. The number of halogens is 3. The molecular formula is C28H29F3N10O2. The lowest BCUT2D eigenvalue weighted by Gasteiger charge is -2.46. The molecule has 2 aromatic heterocycles. The highest BCUT2D eigenvalue weighted by molar-refractivity contribution is 6.10. The van der Waals surface area contributed by atoms with Gasteiger partial charge in [-0.3, -0.25) is 4.99 Å². The summed E-state index contributed by atoms with van der Waals surface area (Å²) >= 11 is 0. The molecule has 1 aliphatic carbocycles. The summed E-state index contributed by atoms with van der Waals surface area (Å²) in [6.45, 7) is -0.134. The number of rotatable bonds is 9. The fourth-order valence-electron chi connectivity index (χ4n) is 4.62. The van der Waals surface area contributed by atoms with E-state index in [0.717, 1.165) is 12.8 Å². The number of imidazole rings is 1. The second kappa shape index (κ2) is 12.0. The summed E-state index contributed by atoms with van der Waals surface area (Å²) in [5.41, 5.74) is 8.32. The molecular weight excluding hydrogens is 565 g/mol. The van der Waals surface area contributed by atoms with Crippen molar-refractivity contribution in [3.8, 4) is 17.3 Å². The molecule has 0 bridgehead atoms. The third-order valence-electron chi connectivity index (χ3n) is 7.12. The van der Waals surface area contributed by atoms with Crippen LogP contribution in [-0.4, -0.2) is 75.7 Å². The summed E-state index contributed by atoms with van der Waals surface area (Å²) in [4.78, 5) is 35.0. The number of carbonyl (C=O) groups excluding carboxylic acids is 2. The van der Waals surface area contributed by atoms with E-state index >= 15 is 0 Å². The lowest BCUT2D eigenvalue weighted by Crippen LogP contribution is -2.64. The first-order chi connectivity index (χ1) is 20.6. The van der Waals surface area contributed by atoms with Crippen LogP contribution in [0.1, 0.15) is 24.8 Å². The Hall–Kier alpha value is -5.13. The number of carbonyl (C=O) groups is 2. The van der Waals surface area contributed by atoms with E-state index in [2.05, 4.69) is 31.8 Å². The number of hydrogen-bond donors (Lipinski definition) is 4. The van der Waals surface area contributed by atoms with Crippen LogP contribution < -0.4 is 21.7 Å². The molecule has 4 amide bonds. The zero-order valence-corrected chi connectivity index (χ0v) is 22.9. The molecule has 5 N–H and O–H groups in total. The number of aliphatic imine (C=N–C) groups is 1. The molecule has 0 atom stereocenters. The number of nitrogens with zero attached hydrogens (tertiary/aromatic N) is 6. The molecule has 1 saturated heterocycles. The van der Waals surface area contributed by atoms with Crippen molar-refractivity contribution >= 4 is 35.2 Å². The van der Waals surface area contributed by atoms with E-state index in [1.807, 2.05) is 0 Å². The summed E-state index contributed by atoms with van der Waals surface area (Å²) in [6.07, 6.45) is 4.00. The second-order valence-electron chi connectivity index (χ2n) is 10.6. The SMILES string of the molecule is N#CCC1(N=C/C(=C\N)c2cnn3c(-c4cccc(NC(=O)NCC(F)(F)F)c4)cnc3c2)CN(C(=O)NCC2CC2)C1. The van der Waals surface area contributed by atoms with E-state index in [-0.39, 0.29) is 18.1 Å². The minimum Gasteiger partial charge on any atom is -0.404 e. The van der Waals surface area contributed by atoms with Gasteiger partial charge in [0.05, 0.1) is 43.7 Å². The number of allylic oxidation sites excluding steroid dienone is 1. The van der Waals surface area contributed by atoms with Gasteiger partial charge in [-0.25, -0.2) is 19.1 Å². The Morgan fingerprint density at radius 1 is 1.21 bits per heavy atom. The predicted molar refractivity (Wildman–Crippen MR) is 153 cm³/mol. The van der Waals surface area contributed by atoms with Crippen LogP contribution in [0.3, 0.4) is 0 Å². The lowest BCUT2D eigenvalue weighted by molar-refractivity contribution is -0.122. The van der Waals surface area contributed by atoms with Crippen molar-refractivity contribution in [1.82, 2.24) is 30.1 Å². The number of aromatic nitrogens is 3. The van der Waals surface area contributed by atoms with Gasteiger partial charge in [-0.2, -0.15) is 23.5 Å². The first kappa shape index (κ1) is 29.4. The van der Waals surface area contributed by atoms with Crippen LogP contribution >= 0.6 is 0 Å². The maximum Gasteiger partial charge on any atom is 0.405 e. The molecule has 0 spiro atoms. The molecule has 1 saturated carbocycles. The Kier molecular flexibility index (Phi) is 8.20. The summed E-state index contributed by atoms with van der Waals surface area (Å²) in [6, 6.07) is 9.30. The number of fused-ring (bicyclic) bond motifs is 1. The van der Waals surface area contributed by atoms with E-state index in [9.17, 15) is 28.0 Å². The van der Waals surface area contributed by atoms with Crippen LogP contribution in [0.5, 0.6) is 0 Å².